The molecule has 0 aromatic heterocycles. The van der Waals surface area contributed by atoms with Crippen LogP contribution >= 0.6 is 0 Å². The third-order valence-corrected chi connectivity index (χ3v) is 4.42. The molecule has 22 heavy (non-hydrogen) atoms. The minimum Gasteiger partial charge on any atom is -0.497 e. The summed E-state index contributed by atoms with van der Waals surface area (Å²) in [5.74, 6) is 1.33. The van der Waals surface area contributed by atoms with Gasteiger partial charge in [-0.15, -0.1) is 0 Å². The smallest absolute Gasteiger partial charge is 0.157 e. The van der Waals surface area contributed by atoms with E-state index in [2.05, 4.69) is 6.07 Å². The average Bonchev–Trinajstić information content (AvgIpc) is 2.56. The monoisotopic (exact) mass is 306 g/mol. The minimum atomic E-state index is -0.315. The Morgan fingerprint density at radius 3 is 2.82 bits per heavy atom. The average molecular weight is 306 g/mol. The van der Waals surface area contributed by atoms with Gasteiger partial charge in [-0.1, -0.05) is 12.1 Å². The van der Waals surface area contributed by atoms with Crippen molar-refractivity contribution in [2.24, 2.45) is 5.92 Å². The number of benzene rings is 1. The molecule has 0 aliphatic heterocycles. The molecule has 3 atom stereocenters. The first kappa shape index (κ1) is 17.0. The maximum Gasteiger partial charge on any atom is 0.157 e. The number of Topliss-reactive ketones (excluding diaryl/α,β-unsaturated/α-hetero) is 1. The summed E-state index contributed by atoms with van der Waals surface area (Å²) in [4.78, 5) is 12.4. The van der Waals surface area contributed by atoms with Gasteiger partial charge in [0.15, 0.2) is 6.29 Å². The molecule has 0 amide bonds. The topological polar surface area (TPSA) is 44.8 Å². The van der Waals surface area contributed by atoms with Gasteiger partial charge in [-0.3, -0.25) is 4.79 Å². The van der Waals surface area contributed by atoms with E-state index in [9.17, 15) is 4.79 Å². The maximum atomic E-state index is 12.4. The van der Waals surface area contributed by atoms with Crippen LogP contribution in [-0.4, -0.2) is 32.9 Å². The van der Waals surface area contributed by atoms with Crippen LogP contribution in [0.2, 0.25) is 0 Å². The van der Waals surface area contributed by atoms with Crippen molar-refractivity contribution in [2.45, 2.75) is 44.8 Å². The van der Waals surface area contributed by atoms with Crippen molar-refractivity contribution >= 4 is 5.78 Å². The number of hydrogen-bond donors (Lipinski definition) is 0. The first-order chi connectivity index (χ1) is 10.7. The first-order valence-corrected chi connectivity index (χ1v) is 8.00. The summed E-state index contributed by atoms with van der Waals surface area (Å²) < 4.78 is 16.3. The molecule has 122 valence electrons. The fourth-order valence-electron chi connectivity index (χ4n) is 3.30. The summed E-state index contributed by atoms with van der Waals surface area (Å²) >= 11 is 0. The van der Waals surface area contributed by atoms with E-state index in [1.54, 1.807) is 14.2 Å². The summed E-state index contributed by atoms with van der Waals surface area (Å²) in [6, 6.07) is 8.04. The van der Waals surface area contributed by atoms with Crippen molar-refractivity contribution < 1.29 is 19.0 Å². The molecule has 0 heterocycles. The lowest BCUT2D eigenvalue weighted by Crippen LogP contribution is -2.32. The molecule has 0 saturated heterocycles. The highest BCUT2D eigenvalue weighted by atomic mass is 16.7. The second-order valence-corrected chi connectivity index (χ2v) is 5.70. The van der Waals surface area contributed by atoms with Crippen LogP contribution in [0.5, 0.6) is 5.75 Å². The van der Waals surface area contributed by atoms with Crippen LogP contribution in [0.25, 0.3) is 0 Å². The number of ketones is 1. The molecule has 3 unspecified atom stereocenters. The highest BCUT2D eigenvalue weighted by molar-refractivity contribution is 5.82. The second-order valence-electron chi connectivity index (χ2n) is 5.70. The van der Waals surface area contributed by atoms with Gasteiger partial charge in [0.2, 0.25) is 0 Å². The molecule has 2 rings (SSSR count). The molecule has 0 spiro atoms. The predicted octanol–water partition coefficient (Wildman–Crippen LogP) is 3.55. The van der Waals surface area contributed by atoms with Crippen LogP contribution in [0.15, 0.2) is 24.3 Å². The van der Waals surface area contributed by atoms with E-state index in [0.29, 0.717) is 25.2 Å². The van der Waals surface area contributed by atoms with Crippen molar-refractivity contribution in [3.05, 3.63) is 29.8 Å². The lowest BCUT2D eigenvalue weighted by molar-refractivity contribution is -0.145. The highest BCUT2D eigenvalue weighted by Crippen LogP contribution is 2.39. The van der Waals surface area contributed by atoms with Crippen molar-refractivity contribution in [1.82, 2.24) is 0 Å². The number of hydrogen-bond acceptors (Lipinski definition) is 4. The molecule has 1 fully saturated rings. The third-order valence-electron chi connectivity index (χ3n) is 4.42. The van der Waals surface area contributed by atoms with E-state index in [1.165, 1.54) is 5.56 Å². The van der Waals surface area contributed by atoms with Crippen LogP contribution in [-0.2, 0) is 14.3 Å². The zero-order chi connectivity index (χ0) is 15.9. The van der Waals surface area contributed by atoms with E-state index < -0.39 is 0 Å². The van der Waals surface area contributed by atoms with Crippen molar-refractivity contribution in [1.29, 1.82) is 0 Å². The standard InChI is InChI=1S/C18H26O4/c1-4-22-18(21-3)12-16-15(9-6-10-17(16)19)13-7-5-8-14(11-13)20-2/h5,7-8,11,15-16,18H,4,6,9-10,12H2,1-3H3. The SMILES string of the molecule is CCOC(CC1C(=O)CCCC1c1cccc(OC)c1)OC. The van der Waals surface area contributed by atoms with Crippen molar-refractivity contribution in [2.75, 3.05) is 20.8 Å². The summed E-state index contributed by atoms with van der Waals surface area (Å²) in [7, 11) is 3.30. The molecule has 1 aliphatic carbocycles. The third kappa shape index (κ3) is 4.08. The Kier molecular flexibility index (Phi) is 6.40. The minimum absolute atomic E-state index is 0.0441. The molecule has 1 aromatic carbocycles. The number of rotatable bonds is 7. The van der Waals surface area contributed by atoms with Gasteiger partial charge in [0.05, 0.1) is 7.11 Å². The van der Waals surface area contributed by atoms with E-state index in [4.69, 9.17) is 14.2 Å². The number of carbonyl (C=O) groups excluding carboxylic acids is 1. The molecule has 0 N–H and O–H groups in total. The van der Waals surface area contributed by atoms with Crippen molar-refractivity contribution in [3.63, 3.8) is 0 Å². The lowest BCUT2D eigenvalue weighted by Gasteiger charge is -2.33. The van der Waals surface area contributed by atoms with Gasteiger partial charge in [-0.05, 0) is 43.4 Å². The molecular weight excluding hydrogens is 280 g/mol. The van der Waals surface area contributed by atoms with E-state index >= 15 is 0 Å². The van der Waals surface area contributed by atoms with E-state index in [1.807, 2.05) is 25.1 Å². The Hall–Kier alpha value is -1.39. The summed E-state index contributed by atoms with van der Waals surface area (Å²) in [5.41, 5.74) is 1.17. The zero-order valence-electron chi connectivity index (χ0n) is 13.7. The normalized spacial score (nSPS) is 23.3. The van der Waals surface area contributed by atoms with E-state index in [-0.39, 0.29) is 18.1 Å². The fourth-order valence-corrected chi connectivity index (χ4v) is 3.30. The van der Waals surface area contributed by atoms with Crippen LogP contribution in [0.4, 0.5) is 0 Å². The van der Waals surface area contributed by atoms with Gasteiger partial charge in [0.25, 0.3) is 0 Å². The number of carbonyl (C=O) groups is 1. The maximum absolute atomic E-state index is 12.4. The second kappa shape index (κ2) is 8.30. The Balaban J connectivity index is 2.20. The Morgan fingerprint density at radius 2 is 2.14 bits per heavy atom. The number of methoxy groups -OCH3 is 2. The van der Waals surface area contributed by atoms with Gasteiger partial charge in [-0.25, -0.2) is 0 Å². The van der Waals surface area contributed by atoms with Crippen LogP contribution < -0.4 is 4.74 Å². The van der Waals surface area contributed by atoms with Gasteiger partial charge in [0.1, 0.15) is 11.5 Å². The molecule has 4 nitrogen and oxygen atoms in total. The summed E-state index contributed by atoms with van der Waals surface area (Å²) in [6.07, 6.45) is 2.93. The quantitative estimate of drug-likeness (QED) is 0.723. The van der Waals surface area contributed by atoms with Crippen LogP contribution in [0, 0.1) is 5.92 Å². The summed E-state index contributed by atoms with van der Waals surface area (Å²) in [5, 5.41) is 0. The highest BCUT2D eigenvalue weighted by Gasteiger charge is 2.35. The zero-order valence-corrected chi connectivity index (χ0v) is 13.7. The Morgan fingerprint density at radius 1 is 1.32 bits per heavy atom. The fraction of sp³-hybridized carbons (Fsp3) is 0.611. The van der Waals surface area contributed by atoms with Crippen LogP contribution in [0.1, 0.15) is 44.1 Å². The Bertz CT molecular complexity index is 486. The van der Waals surface area contributed by atoms with Crippen molar-refractivity contribution in [3.8, 4) is 5.75 Å². The number of ether oxygens (including phenoxy) is 3. The molecule has 0 radical (unpaired) electrons. The summed E-state index contributed by atoms with van der Waals surface area (Å²) in [6.45, 7) is 2.53. The molecule has 0 bridgehead atoms. The Labute approximate surface area is 132 Å². The largest absolute Gasteiger partial charge is 0.497 e. The predicted molar refractivity (Wildman–Crippen MR) is 85.1 cm³/mol. The molecule has 1 aliphatic rings. The lowest BCUT2D eigenvalue weighted by atomic mass is 9.73. The van der Waals surface area contributed by atoms with Gasteiger partial charge >= 0.3 is 0 Å². The first-order valence-electron chi connectivity index (χ1n) is 8.00. The molecule has 1 aromatic rings. The van der Waals surface area contributed by atoms with Gasteiger partial charge in [-0.2, -0.15) is 0 Å². The van der Waals surface area contributed by atoms with E-state index in [0.717, 1.165) is 18.6 Å². The molecular formula is C18H26O4. The van der Waals surface area contributed by atoms with Gasteiger partial charge < -0.3 is 14.2 Å². The molecule has 1 saturated carbocycles. The van der Waals surface area contributed by atoms with Gasteiger partial charge in [0, 0.05) is 32.5 Å². The molecule has 4 heteroatoms. The van der Waals surface area contributed by atoms with Crippen LogP contribution in [0.3, 0.4) is 0 Å².